The lowest BCUT2D eigenvalue weighted by Crippen LogP contribution is -2.38. The molecule has 19 heavy (non-hydrogen) atoms. The quantitative estimate of drug-likeness (QED) is 0.529. The van der Waals surface area contributed by atoms with Crippen molar-refractivity contribution in [1.29, 1.82) is 0 Å². The van der Waals surface area contributed by atoms with Crippen molar-refractivity contribution in [2.45, 2.75) is 18.6 Å². The van der Waals surface area contributed by atoms with Crippen molar-refractivity contribution in [1.82, 2.24) is 14.9 Å². The average molecular weight is 331 g/mol. The zero-order valence-electron chi connectivity index (χ0n) is 11.0. The van der Waals surface area contributed by atoms with Crippen molar-refractivity contribution in [3.8, 4) is 0 Å². The number of nitrogens with two attached hydrogens (primary N) is 1. The van der Waals surface area contributed by atoms with E-state index in [0.717, 1.165) is 23.3 Å². The molecule has 4 N–H and O–H groups in total. The Balaban J connectivity index is 2.28. The highest BCUT2D eigenvalue weighted by atomic mass is 79.9. The Labute approximate surface area is 120 Å². The lowest BCUT2D eigenvalue weighted by atomic mass is 10.2. The number of anilines is 2. The maximum absolute atomic E-state index is 9.90. The van der Waals surface area contributed by atoms with Gasteiger partial charge >= 0.3 is 0 Å². The van der Waals surface area contributed by atoms with Crippen LogP contribution in [0.1, 0.15) is 6.42 Å². The van der Waals surface area contributed by atoms with Crippen molar-refractivity contribution in [2.75, 3.05) is 37.5 Å². The number of halogens is 1. The molecular formula is C11H19BrN6O. The minimum absolute atomic E-state index is 0.224. The average Bonchev–Trinajstić information content (AvgIpc) is 2.69. The molecule has 106 valence electrons. The predicted octanol–water partition coefficient (Wildman–Crippen LogP) is 0.0259. The van der Waals surface area contributed by atoms with E-state index in [4.69, 9.17) is 5.84 Å². The minimum atomic E-state index is -0.332. The molecule has 0 aromatic carbocycles. The zero-order chi connectivity index (χ0) is 14.0. The number of aromatic nitrogens is 2. The van der Waals surface area contributed by atoms with Gasteiger partial charge in [0.05, 0.1) is 6.10 Å². The largest absolute Gasteiger partial charge is 0.391 e. The number of aliphatic hydroxyl groups excluding tert-OH is 1. The number of rotatable bonds is 4. The first-order chi connectivity index (χ1) is 9.02. The number of nitrogens with one attached hydrogen (secondary N) is 1. The van der Waals surface area contributed by atoms with Gasteiger partial charge in [-0.1, -0.05) is 0 Å². The molecule has 1 aromatic rings. The van der Waals surface area contributed by atoms with Crippen molar-refractivity contribution in [3.05, 3.63) is 10.8 Å². The number of nitrogens with zero attached hydrogens (tertiary/aromatic N) is 4. The summed E-state index contributed by atoms with van der Waals surface area (Å²) in [5.41, 5.74) is 2.53. The van der Waals surface area contributed by atoms with Crippen LogP contribution in [0.5, 0.6) is 0 Å². The third kappa shape index (κ3) is 3.14. The molecule has 1 aromatic heterocycles. The van der Waals surface area contributed by atoms with Gasteiger partial charge in [-0.2, -0.15) is 0 Å². The molecule has 1 aliphatic heterocycles. The standard InChI is InChI=1S/C11H19BrN6O/c1-17(2)4-7-3-8(19)5-18(7)11-9(12)10(16-13)14-6-15-11/h6-8,19H,3-5,13H2,1-2H3,(H,14,15,16). The van der Waals surface area contributed by atoms with Crippen LogP contribution in [0.2, 0.25) is 0 Å². The van der Waals surface area contributed by atoms with Crippen LogP contribution in [0.4, 0.5) is 11.6 Å². The molecule has 0 aliphatic carbocycles. The Morgan fingerprint density at radius 1 is 1.58 bits per heavy atom. The summed E-state index contributed by atoms with van der Waals surface area (Å²) in [4.78, 5) is 12.5. The Morgan fingerprint density at radius 3 is 2.95 bits per heavy atom. The summed E-state index contributed by atoms with van der Waals surface area (Å²) in [5, 5.41) is 9.90. The molecule has 1 saturated heterocycles. The second kappa shape index (κ2) is 6.00. The Kier molecular flexibility index (Phi) is 4.56. The number of hydrogen-bond donors (Lipinski definition) is 3. The van der Waals surface area contributed by atoms with Gasteiger partial charge in [0.2, 0.25) is 0 Å². The molecule has 2 rings (SSSR count). The summed E-state index contributed by atoms with van der Waals surface area (Å²) in [6.45, 7) is 1.43. The molecule has 1 aliphatic rings. The van der Waals surface area contributed by atoms with Crippen LogP contribution in [0.3, 0.4) is 0 Å². The predicted molar refractivity (Wildman–Crippen MR) is 77.9 cm³/mol. The molecule has 0 saturated carbocycles. The molecule has 0 amide bonds. The van der Waals surface area contributed by atoms with E-state index in [2.05, 4.69) is 41.1 Å². The van der Waals surface area contributed by atoms with Gasteiger partial charge < -0.3 is 20.3 Å². The second-order valence-corrected chi connectivity index (χ2v) is 5.76. The summed E-state index contributed by atoms with van der Waals surface area (Å²) in [5.74, 6) is 6.71. The van der Waals surface area contributed by atoms with Gasteiger partial charge in [-0.25, -0.2) is 15.8 Å². The number of aliphatic hydroxyl groups is 1. The van der Waals surface area contributed by atoms with Gasteiger partial charge in [0.15, 0.2) is 5.82 Å². The Hall–Kier alpha value is -0.960. The minimum Gasteiger partial charge on any atom is -0.391 e. The third-order valence-corrected chi connectivity index (χ3v) is 3.88. The SMILES string of the molecule is CN(C)CC1CC(O)CN1c1ncnc(NN)c1Br. The van der Waals surface area contributed by atoms with Gasteiger partial charge in [0, 0.05) is 19.1 Å². The molecule has 2 unspecified atom stereocenters. The molecule has 8 heteroatoms. The maximum atomic E-state index is 9.90. The van der Waals surface area contributed by atoms with Crippen LogP contribution in [0.15, 0.2) is 10.8 Å². The number of nitrogen functional groups attached to an aromatic ring is 1. The van der Waals surface area contributed by atoms with Crippen molar-refractivity contribution >= 4 is 27.6 Å². The molecule has 7 nitrogen and oxygen atoms in total. The summed E-state index contributed by atoms with van der Waals surface area (Å²) in [6.07, 6.45) is 1.87. The fourth-order valence-electron chi connectivity index (χ4n) is 2.41. The van der Waals surface area contributed by atoms with Crippen LogP contribution in [0.25, 0.3) is 0 Å². The van der Waals surface area contributed by atoms with Crippen molar-refractivity contribution < 1.29 is 5.11 Å². The molecule has 0 bridgehead atoms. The molecular weight excluding hydrogens is 312 g/mol. The maximum Gasteiger partial charge on any atom is 0.159 e. The van der Waals surface area contributed by atoms with E-state index in [1.165, 1.54) is 6.33 Å². The molecule has 0 spiro atoms. The van der Waals surface area contributed by atoms with E-state index in [1.54, 1.807) is 0 Å². The van der Waals surface area contributed by atoms with E-state index in [1.807, 2.05) is 14.1 Å². The summed E-state index contributed by atoms with van der Waals surface area (Å²) >= 11 is 3.46. The fourth-order valence-corrected chi connectivity index (χ4v) is 2.95. The number of likely N-dealkylation sites (N-methyl/N-ethyl adjacent to an activating group) is 1. The molecule has 0 radical (unpaired) electrons. The van der Waals surface area contributed by atoms with Crippen molar-refractivity contribution in [3.63, 3.8) is 0 Å². The number of β-amino-alcohol motifs (C(OH)–C–C–N with tert-alkyl or cyclic N) is 1. The van der Waals surface area contributed by atoms with Crippen LogP contribution < -0.4 is 16.2 Å². The third-order valence-electron chi connectivity index (χ3n) is 3.15. The zero-order valence-corrected chi connectivity index (χ0v) is 12.6. The van der Waals surface area contributed by atoms with Gasteiger partial charge in [-0.3, -0.25) is 0 Å². The monoisotopic (exact) mass is 330 g/mol. The van der Waals surface area contributed by atoms with E-state index in [9.17, 15) is 5.11 Å². The highest BCUT2D eigenvalue weighted by molar-refractivity contribution is 9.10. The van der Waals surface area contributed by atoms with E-state index in [0.29, 0.717) is 12.4 Å². The lowest BCUT2D eigenvalue weighted by molar-refractivity contribution is 0.191. The summed E-state index contributed by atoms with van der Waals surface area (Å²) in [7, 11) is 4.04. The summed E-state index contributed by atoms with van der Waals surface area (Å²) < 4.78 is 0.718. The van der Waals surface area contributed by atoms with Crippen molar-refractivity contribution in [2.24, 2.45) is 5.84 Å². The fraction of sp³-hybridized carbons (Fsp3) is 0.636. The first-order valence-electron chi connectivity index (χ1n) is 6.09. The van der Waals surface area contributed by atoms with Crippen LogP contribution in [-0.2, 0) is 0 Å². The van der Waals surface area contributed by atoms with Crippen LogP contribution in [-0.4, -0.2) is 59.3 Å². The topological polar surface area (TPSA) is 90.5 Å². The second-order valence-electron chi connectivity index (χ2n) is 4.96. The number of hydrazine groups is 1. The van der Waals surface area contributed by atoms with E-state index < -0.39 is 0 Å². The highest BCUT2D eigenvalue weighted by Gasteiger charge is 2.33. The van der Waals surface area contributed by atoms with Gasteiger partial charge in [-0.05, 0) is 36.4 Å². The normalized spacial score (nSPS) is 23.2. The van der Waals surface area contributed by atoms with E-state index >= 15 is 0 Å². The Morgan fingerprint density at radius 2 is 2.32 bits per heavy atom. The van der Waals surface area contributed by atoms with Gasteiger partial charge in [0.25, 0.3) is 0 Å². The molecule has 2 atom stereocenters. The van der Waals surface area contributed by atoms with Crippen LogP contribution >= 0.6 is 15.9 Å². The smallest absolute Gasteiger partial charge is 0.159 e. The van der Waals surface area contributed by atoms with E-state index in [-0.39, 0.29) is 12.1 Å². The molecule has 1 fully saturated rings. The number of hydrogen-bond acceptors (Lipinski definition) is 7. The first kappa shape index (κ1) is 14.4. The van der Waals surface area contributed by atoms with Gasteiger partial charge in [-0.15, -0.1) is 0 Å². The van der Waals surface area contributed by atoms with Gasteiger partial charge in [0.1, 0.15) is 16.6 Å². The first-order valence-corrected chi connectivity index (χ1v) is 6.88. The molecule has 2 heterocycles. The highest BCUT2D eigenvalue weighted by Crippen LogP contribution is 2.33. The Bertz CT molecular complexity index is 443. The summed E-state index contributed by atoms with van der Waals surface area (Å²) in [6, 6.07) is 0.224. The lowest BCUT2D eigenvalue weighted by Gasteiger charge is -2.28. The van der Waals surface area contributed by atoms with Crippen LogP contribution in [0, 0.1) is 0 Å².